The van der Waals surface area contributed by atoms with E-state index in [0.717, 1.165) is 116 Å². The summed E-state index contributed by atoms with van der Waals surface area (Å²) in [6, 6.07) is 0. The first-order chi connectivity index (χ1) is 26.9. The van der Waals surface area contributed by atoms with Gasteiger partial charge in [-0.25, -0.2) is 0 Å². The number of rotatable bonds is 44. The number of carbonyl (C=O) groups is 2. The highest BCUT2D eigenvalue weighted by Gasteiger charge is 2.16. The fourth-order valence-electron chi connectivity index (χ4n) is 7.65. The highest BCUT2D eigenvalue weighted by molar-refractivity contribution is 5.69. The Labute approximate surface area is 342 Å². The van der Waals surface area contributed by atoms with E-state index >= 15 is 0 Å². The molecule has 0 aromatic rings. The number of esters is 2. The quantitative estimate of drug-likeness (QED) is 0.0469. The molecule has 0 bridgehead atoms. The van der Waals surface area contributed by atoms with Crippen molar-refractivity contribution in [1.29, 1.82) is 0 Å². The number of unbranched alkanes of at least 4 members (excludes halogenated alkanes) is 22. The van der Waals surface area contributed by atoms with Gasteiger partial charge < -0.3 is 24.6 Å². The van der Waals surface area contributed by atoms with Gasteiger partial charge in [0.2, 0.25) is 0 Å². The van der Waals surface area contributed by atoms with E-state index < -0.39 is 0 Å². The summed E-state index contributed by atoms with van der Waals surface area (Å²) in [4.78, 5) is 27.5. The van der Waals surface area contributed by atoms with Gasteiger partial charge in [-0.05, 0) is 96.6 Å². The average molecular weight is 782 g/mol. The molecule has 0 radical (unpaired) electrons. The molecule has 0 saturated carbocycles. The van der Waals surface area contributed by atoms with Gasteiger partial charge in [0.25, 0.3) is 0 Å². The summed E-state index contributed by atoms with van der Waals surface area (Å²) in [5, 5.41) is 20.1. The molecule has 7 heteroatoms. The molecule has 328 valence electrons. The van der Waals surface area contributed by atoms with Gasteiger partial charge in [0.1, 0.15) is 12.2 Å². The summed E-state index contributed by atoms with van der Waals surface area (Å²) in [5.41, 5.74) is 0. The largest absolute Gasteiger partial charge is 0.462 e. The van der Waals surface area contributed by atoms with Crippen LogP contribution in [0, 0.1) is 0 Å². The molecule has 2 unspecified atom stereocenters. The molecule has 2 atom stereocenters. The lowest BCUT2D eigenvalue weighted by molar-refractivity contribution is -0.150. The summed E-state index contributed by atoms with van der Waals surface area (Å²) in [5.74, 6) is -0.0745. The van der Waals surface area contributed by atoms with E-state index in [1.165, 1.54) is 109 Å². The molecule has 0 spiro atoms. The van der Waals surface area contributed by atoms with Crippen molar-refractivity contribution in [2.24, 2.45) is 0 Å². The van der Waals surface area contributed by atoms with E-state index in [2.05, 4.69) is 32.6 Å². The van der Waals surface area contributed by atoms with Gasteiger partial charge in [-0.1, -0.05) is 156 Å². The number of aliphatic hydroxyl groups excluding tert-OH is 2. The van der Waals surface area contributed by atoms with Gasteiger partial charge in [-0.2, -0.15) is 0 Å². The Morgan fingerprint density at radius 3 is 1.29 bits per heavy atom. The minimum Gasteiger partial charge on any atom is -0.462 e. The maximum absolute atomic E-state index is 12.8. The summed E-state index contributed by atoms with van der Waals surface area (Å²) < 4.78 is 11.8. The highest BCUT2D eigenvalue weighted by atomic mass is 16.5. The second-order valence-electron chi connectivity index (χ2n) is 16.8. The van der Waals surface area contributed by atoms with Crippen LogP contribution in [0.15, 0.2) is 0 Å². The summed E-state index contributed by atoms with van der Waals surface area (Å²) in [6.07, 6.45) is 37.9. The van der Waals surface area contributed by atoms with Gasteiger partial charge in [0.05, 0.1) is 6.10 Å². The van der Waals surface area contributed by atoms with Crippen LogP contribution in [-0.4, -0.2) is 71.6 Å². The summed E-state index contributed by atoms with van der Waals surface area (Å²) in [6.45, 7) is 11.6. The fraction of sp³-hybridized carbons (Fsp3) is 0.958. The Balaban J connectivity index is 4.31. The summed E-state index contributed by atoms with van der Waals surface area (Å²) in [7, 11) is 0. The van der Waals surface area contributed by atoms with Gasteiger partial charge in [-0.3, -0.25) is 9.59 Å². The van der Waals surface area contributed by atoms with E-state index in [1.54, 1.807) is 0 Å². The molecule has 0 aliphatic rings. The maximum Gasteiger partial charge on any atom is 0.306 e. The van der Waals surface area contributed by atoms with Crippen molar-refractivity contribution in [3.05, 3.63) is 0 Å². The zero-order valence-corrected chi connectivity index (χ0v) is 37.3. The monoisotopic (exact) mass is 782 g/mol. The maximum atomic E-state index is 12.8. The third-order valence-electron chi connectivity index (χ3n) is 11.3. The molecule has 0 fully saturated rings. The van der Waals surface area contributed by atoms with Crippen LogP contribution in [0.5, 0.6) is 0 Å². The SMILES string of the molecule is CCCCCCCCC(CC)OC(=O)CCCCCC(O)CN(CCCCO)CCCCCCCC(=O)OC(CCCCCCCC)CCCCCCCC. The zero-order chi connectivity index (χ0) is 40.5. The molecule has 0 aliphatic heterocycles. The average Bonchev–Trinajstić information content (AvgIpc) is 3.17. The van der Waals surface area contributed by atoms with Crippen LogP contribution in [0.4, 0.5) is 0 Å². The Kier molecular flexibility index (Phi) is 41.5. The number of hydrogen-bond acceptors (Lipinski definition) is 7. The topological polar surface area (TPSA) is 96.3 Å². The van der Waals surface area contributed by atoms with E-state index in [-0.39, 0.29) is 36.9 Å². The smallest absolute Gasteiger partial charge is 0.306 e. The number of carbonyl (C=O) groups excluding carboxylic acids is 2. The van der Waals surface area contributed by atoms with E-state index in [9.17, 15) is 19.8 Å². The van der Waals surface area contributed by atoms with E-state index in [4.69, 9.17) is 9.47 Å². The number of hydrogen-bond donors (Lipinski definition) is 2. The molecule has 7 nitrogen and oxygen atoms in total. The molecule has 2 N–H and O–H groups in total. The minimum atomic E-state index is -0.375. The first-order valence-electron chi connectivity index (χ1n) is 24.3. The molecule has 0 saturated heterocycles. The van der Waals surface area contributed by atoms with Crippen LogP contribution in [0.2, 0.25) is 0 Å². The Morgan fingerprint density at radius 2 is 0.818 bits per heavy atom. The Hall–Kier alpha value is -1.18. The van der Waals surface area contributed by atoms with E-state index in [1.807, 2.05) is 0 Å². The fourth-order valence-corrected chi connectivity index (χ4v) is 7.65. The van der Waals surface area contributed by atoms with Crippen molar-refractivity contribution in [3.63, 3.8) is 0 Å². The standard InChI is InChI=1S/C48H95NO6/c1-5-9-12-15-19-26-35-45(8-4)54-47(52)39-30-24-25-34-44(51)43-49(41-32-33-42-50)40-31-23-18-22-29-38-48(53)55-46(36-27-20-16-13-10-6-2)37-28-21-17-14-11-7-3/h44-46,50-51H,5-43H2,1-4H3. The molecule has 55 heavy (non-hydrogen) atoms. The number of nitrogens with zero attached hydrogens (tertiary/aromatic N) is 1. The Bertz CT molecular complexity index is 793. The molecular weight excluding hydrogens is 687 g/mol. The van der Waals surface area contributed by atoms with Gasteiger partial charge in [0, 0.05) is 26.0 Å². The van der Waals surface area contributed by atoms with Crippen LogP contribution in [0.25, 0.3) is 0 Å². The van der Waals surface area contributed by atoms with E-state index in [0.29, 0.717) is 19.4 Å². The number of ether oxygens (including phenoxy) is 2. The van der Waals surface area contributed by atoms with Crippen molar-refractivity contribution in [2.45, 2.75) is 271 Å². The van der Waals surface area contributed by atoms with Crippen LogP contribution in [-0.2, 0) is 19.1 Å². The first-order valence-corrected chi connectivity index (χ1v) is 24.3. The Morgan fingerprint density at radius 1 is 0.455 bits per heavy atom. The highest BCUT2D eigenvalue weighted by Crippen LogP contribution is 2.19. The molecule has 0 aromatic carbocycles. The third kappa shape index (κ3) is 38.1. The van der Waals surface area contributed by atoms with Gasteiger partial charge in [-0.15, -0.1) is 0 Å². The molecule has 0 aliphatic carbocycles. The molecule has 0 amide bonds. The van der Waals surface area contributed by atoms with Crippen LogP contribution in [0.1, 0.15) is 252 Å². The lowest BCUT2D eigenvalue weighted by Gasteiger charge is -2.25. The lowest BCUT2D eigenvalue weighted by atomic mass is 10.0. The molecule has 0 heterocycles. The van der Waals surface area contributed by atoms with Crippen molar-refractivity contribution in [3.8, 4) is 0 Å². The van der Waals surface area contributed by atoms with Crippen LogP contribution in [0.3, 0.4) is 0 Å². The second kappa shape index (κ2) is 42.4. The first kappa shape index (κ1) is 53.8. The zero-order valence-electron chi connectivity index (χ0n) is 37.3. The van der Waals surface area contributed by atoms with Gasteiger partial charge >= 0.3 is 11.9 Å². The van der Waals surface area contributed by atoms with Crippen molar-refractivity contribution in [2.75, 3.05) is 26.2 Å². The second-order valence-corrected chi connectivity index (χ2v) is 16.8. The lowest BCUT2D eigenvalue weighted by Crippen LogP contribution is -2.34. The molecular formula is C48H95NO6. The predicted molar refractivity (Wildman–Crippen MR) is 234 cm³/mol. The molecule has 0 rings (SSSR count). The van der Waals surface area contributed by atoms with Crippen molar-refractivity contribution >= 4 is 11.9 Å². The molecule has 0 aromatic heterocycles. The minimum absolute atomic E-state index is 0.00474. The normalized spacial score (nSPS) is 12.8. The summed E-state index contributed by atoms with van der Waals surface area (Å²) >= 11 is 0. The van der Waals surface area contributed by atoms with Crippen LogP contribution >= 0.6 is 0 Å². The predicted octanol–water partition coefficient (Wildman–Crippen LogP) is 13.2. The number of aliphatic hydroxyl groups is 2. The third-order valence-corrected chi connectivity index (χ3v) is 11.3. The van der Waals surface area contributed by atoms with Gasteiger partial charge in [0.15, 0.2) is 0 Å². The van der Waals surface area contributed by atoms with Crippen molar-refractivity contribution in [1.82, 2.24) is 4.90 Å². The van der Waals surface area contributed by atoms with Crippen molar-refractivity contribution < 1.29 is 29.3 Å². The van der Waals surface area contributed by atoms with Crippen LogP contribution < -0.4 is 0 Å².